The molecule has 0 aliphatic rings. The number of carbonyl (C=O) groups excluding carboxylic acids is 1. The summed E-state index contributed by atoms with van der Waals surface area (Å²) in [6, 6.07) is 10.1. The second-order valence-corrected chi connectivity index (χ2v) is 5.07. The lowest BCUT2D eigenvalue weighted by Crippen LogP contribution is -1.95. The first-order valence-corrected chi connectivity index (χ1v) is 7.56. The zero-order valence-electron chi connectivity index (χ0n) is 12.1. The third-order valence-electron chi connectivity index (χ3n) is 3.26. The van der Waals surface area contributed by atoms with Crippen molar-refractivity contribution in [2.24, 2.45) is 0 Å². The molecule has 0 radical (unpaired) electrons. The third kappa shape index (κ3) is 8.36. The molecule has 0 aliphatic heterocycles. The van der Waals surface area contributed by atoms with E-state index in [0.717, 1.165) is 18.4 Å². The lowest BCUT2D eigenvalue weighted by molar-refractivity contribution is -0.118. The summed E-state index contributed by atoms with van der Waals surface area (Å²) in [4.78, 5) is 11.7. The fraction of sp³-hybridized carbons (Fsp3) is 0.500. The molecule has 0 fully saturated rings. The monoisotopic (exact) mass is 258 g/mol. The van der Waals surface area contributed by atoms with Crippen LogP contribution in [0.1, 0.15) is 63.9 Å². The van der Waals surface area contributed by atoms with Crippen molar-refractivity contribution in [2.75, 3.05) is 0 Å². The van der Waals surface area contributed by atoms with E-state index in [1.807, 2.05) is 30.4 Å². The summed E-state index contributed by atoms with van der Waals surface area (Å²) >= 11 is 0. The van der Waals surface area contributed by atoms with Crippen molar-refractivity contribution in [3.63, 3.8) is 0 Å². The van der Waals surface area contributed by atoms with E-state index in [9.17, 15) is 4.79 Å². The van der Waals surface area contributed by atoms with Gasteiger partial charge in [0, 0.05) is 12.8 Å². The number of hydrogen-bond acceptors (Lipinski definition) is 1. The maximum Gasteiger partial charge on any atom is 0.136 e. The minimum Gasteiger partial charge on any atom is -0.299 e. The Balaban J connectivity index is 2.06. The Morgan fingerprint density at radius 1 is 1.00 bits per heavy atom. The number of allylic oxidation sites excluding steroid dienone is 1. The van der Waals surface area contributed by atoms with Gasteiger partial charge in [0.25, 0.3) is 0 Å². The third-order valence-corrected chi connectivity index (χ3v) is 3.26. The summed E-state index contributed by atoms with van der Waals surface area (Å²) in [7, 11) is 0. The van der Waals surface area contributed by atoms with Crippen molar-refractivity contribution in [2.45, 2.75) is 58.3 Å². The quantitative estimate of drug-likeness (QED) is 0.513. The maximum atomic E-state index is 11.7. The molecule has 0 unspecified atom stereocenters. The van der Waals surface area contributed by atoms with Gasteiger partial charge in [-0.25, -0.2) is 0 Å². The van der Waals surface area contributed by atoms with Crippen molar-refractivity contribution in [3.05, 3.63) is 42.0 Å². The van der Waals surface area contributed by atoms with Crippen LogP contribution >= 0.6 is 0 Å². The van der Waals surface area contributed by atoms with E-state index in [4.69, 9.17) is 0 Å². The van der Waals surface area contributed by atoms with Gasteiger partial charge in [-0.3, -0.25) is 4.79 Å². The second kappa shape index (κ2) is 10.5. The van der Waals surface area contributed by atoms with Crippen LogP contribution in [-0.4, -0.2) is 5.78 Å². The summed E-state index contributed by atoms with van der Waals surface area (Å²) in [5.74, 6) is 0.364. The number of rotatable bonds is 10. The molecular formula is C18H26O. The first kappa shape index (κ1) is 15.7. The Hall–Kier alpha value is -1.37. The van der Waals surface area contributed by atoms with Crippen LogP contribution in [0.5, 0.6) is 0 Å². The van der Waals surface area contributed by atoms with E-state index in [0.29, 0.717) is 12.2 Å². The second-order valence-electron chi connectivity index (χ2n) is 5.07. The van der Waals surface area contributed by atoms with Gasteiger partial charge in [0.2, 0.25) is 0 Å². The highest BCUT2D eigenvalue weighted by atomic mass is 16.1. The molecule has 0 bridgehead atoms. The molecule has 1 nitrogen and oxygen atoms in total. The van der Waals surface area contributed by atoms with E-state index in [1.54, 1.807) is 0 Å². The van der Waals surface area contributed by atoms with Gasteiger partial charge in [-0.1, -0.05) is 81.5 Å². The highest BCUT2D eigenvalue weighted by Gasteiger charge is 1.99. The van der Waals surface area contributed by atoms with Gasteiger partial charge in [0.15, 0.2) is 0 Å². The molecule has 19 heavy (non-hydrogen) atoms. The Kier molecular flexibility index (Phi) is 8.70. The van der Waals surface area contributed by atoms with Crippen molar-refractivity contribution in [3.8, 4) is 0 Å². The molecule has 0 saturated carbocycles. The fourth-order valence-corrected chi connectivity index (χ4v) is 2.10. The molecule has 1 heteroatoms. The van der Waals surface area contributed by atoms with Crippen molar-refractivity contribution >= 4 is 11.9 Å². The van der Waals surface area contributed by atoms with E-state index >= 15 is 0 Å². The molecule has 0 aromatic heterocycles. The molecule has 0 amide bonds. The van der Waals surface area contributed by atoms with Crippen LogP contribution in [0.25, 0.3) is 6.08 Å². The number of ketones is 1. The predicted octanol–water partition coefficient (Wildman–Crippen LogP) is 5.41. The lowest BCUT2D eigenvalue weighted by Gasteiger charge is -1.99. The molecule has 1 aromatic rings. The molecule has 0 saturated heterocycles. The predicted molar refractivity (Wildman–Crippen MR) is 83.1 cm³/mol. The summed E-state index contributed by atoms with van der Waals surface area (Å²) < 4.78 is 0. The van der Waals surface area contributed by atoms with E-state index in [2.05, 4.69) is 19.1 Å². The minimum atomic E-state index is 0.364. The minimum absolute atomic E-state index is 0.364. The zero-order valence-corrected chi connectivity index (χ0v) is 12.1. The number of unbranched alkanes of at least 4 members (excludes halogenated alkanes) is 5. The lowest BCUT2D eigenvalue weighted by atomic mass is 10.1. The SMILES string of the molecule is CCCCCCCCC(=O)C/C=C/c1ccccc1. The van der Waals surface area contributed by atoms with Crippen LogP contribution in [0.2, 0.25) is 0 Å². The first-order valence-electron chi connectivity index (χ1n) is 7.56. The number of benzene rings is 1. The number of Topliss-reactive ketones (excluding diaryl/α,β-unsaturated/α-hetero) is 1. The van der Waals surface area contributed by atoms with E-state index in [-0.39, 0.29) is 0 Å². The molecular weight excluding hydrogens is 232 g/mol. The summed E-state index contributed by atoms with van der Waals surface area (Å²) in [5, 5.41) is 0. The summed E-state index contributed by atoms with van der Waals surface area (Å²) in [6.07, 6.45) is 12.8. The van der Waals surface area contributed by atoms with Crippen LogP contribution in [-0.2, 0) is 4.79 Å². The standard InChI is InChI=1S/C18H26O/c1-2-3-4-5-6-10-15-18(19)16-11-14-17-12-8-7-9-13-17/h7-9,11-14H,2-6,10,15-16H2,1H3/b14-11+. The topological polar surface area (TPSA) is 17.1 Å². The smallest absolute Gasteiger partial charge is 0.136 e. The van der Waals surface area contributed by atoms with Gasteiger partial charge in [0.05, 0.1) is 0 Å². The summed E-state index contributed by atoms with van der Waals surface area (Å²) in [5.41, 5.74) is 1.16. The van der Waals surface area contributed by atoms with Crippen LogP contribution in [0, 0.1) is 0 Å². The van der Waals surface area contributed by atoms with Crippen LogP contribution in [0.4, 0.5) is 0 Å². The Labute approximate surface area is 117 Å². The van der Waals surface area contributed by atoms with Crippen LogP contribution in [0.3, 0.4) is 0 Å². The molecule has 104 valence electrons. The number of carbonyl (C=O) groups is 1. The molecule has 0 atom stereocenters. The van der Waals surface area contributed by atoms with Gasteiger partial charge in [-0.15, -0.1) is 0 Å². The van der Waals surface area contributed by atoms with E-state index < -0.39 is 0 Å². The largest absolute Gasteiger partial charge is 0.299 e. The average molecular weight is 258 g/mol. The Morgan fingerprint density at radius 2 is 1.68 bits per heavy atom. The fourth-order valence-electron chi connectivity index (χ4n) is 2.10. The highest BCUT2D eigenvalue weighted by Crippen LogP contribution is 2.09. The van der Waals surface area contributed by atoms with Crippen LogP contribution in [0.15, 0.2) is 36.4 Å². The molecule has 0 spiro atoms. The molecule has 0 N–H and O–H groups in total. The van der Waals surface area contributed by atoms with Crippen molar-refractivity contribution in [1.29, 1.82) is 0 Å². The average Bonchev–Trinajstić information content (AvgIpc) is 2.44. The molecule has 1 rings (SSSR count). The van der Waals surface area contributed by atoms with Gasteiger partial charge >= 0.3 is 0 Å². The number of hydrogen-bond donors (Lipinski definition) is 0. The zero-order chi connectivity index (χ0) is 13.8. The highest BCUT2D eigenvalue weighted by molar-refractivity contribution is 5.80. The van der Waals surface area contributed by atoms with E-state index in [1.165, 1.54) is 32.1 Å². The maximum absolute atomic E-state index is 11.7. The first-order chi connectivity index (χ1) is 9.33. The van der Waals surface area contributed by atoms with Crippen molar-refractivity contribution < 1.29 is 4.79 Å². The normalized spacial score (nSPS) is 11.0. The Morgan fingerprint density at radius 3 is 2.42 bits per heavy atom. The summed E-state index contributed by atoms with van der Waals surface area (Å²) in [6.45, 7) is 2.22. The Bertz CT molecular complexity index is 365. The van der Waals surface area contributed by atoms with Gasteiger partial charge in [-0.05, 0) is 12.0 Å². The molecule has 1 aromatic carbocycles. The van der Waals surface area contributed by atoms with Crippen molar-refractivity contribution in [1.82, 2.24) is 0 Å². The van der Waals surface area contributed by atoms with Gasteiger partial charge in [0.1, 0.15) is 5.78 Å². The van der Waals surface area contributed by atoms with Gasteiger partial charge < -0.3 is 0 Å². The van der Waals surface area contributed by atoms with Crippen LogP contribution < -0.4 is 0 Å². The van der Waals surface area contributed by atoms with Gasteiger partial charge in [-0.2, -0.15) is 0 Å². The molecule has 0 aliphatic carbocycles. The molecule has 0 heterocycles.